The number of carbonyl (C=O) groups excluding carboxylic acids is 1. The molecule has 0 spiro atoms. The Morgan fingerprint density at radius 2 is 2.05 bits per heavy atom. The lowest BCUT2D eigenvalue weighted by molar-refractivity contribution is -0.121. The van der Waals surface area contributed by atoms with Crippen LogP contribution in [0.25, 0.3) is 11.0 Å². The fourth-order valence-electron chi connectivity index (χ4n) is 3.02. The molecule has 116 valence electrons. The molecule has 2 aromatic rings. The van der Waals surface area contributed by atoms with E-state index in [9.17, 15) is 4.79 Å². The van der Waals surface area contributed by atoms with Crippen molar-refractivity contribution in [1.82, 2.24) is 5.01 Å². The summed E-state index contributed by atoms with van der Waals surface area (Å²) < 4.78 is 5.78. The van der Waals surface area contributed by atoms with Crippen molar-refractivity contribution < 1.29 is 9.21 Å². The third-order valence-electron chi connectivity index (χ3n) is 4.03. The predicted octanol–water partition coefficient (Wildman–Crippen LogP) is 1.56. The molecule has 3 rings (SSSR count). The number of carbonyl (C=O) groups is 1. The minimum absolute atomic E-state index is 0.0767. The van der Waals surface area contributed by atoms with E-state index >= 15 is 0 Å². The Bertz CT molecular complexity index is 763. The first kappa shape index (κ1) is 14.6. The summed E-state index contributed by atoms with van der Waals surface area (Å²) in [5.74, 6) is -0.412. The summed E-state index contributed by atoms with van der Waals surface area (Å²) in [4.78, 5) is 11.9. The van der Waals surface area contributed by atoms with E-state index in [1.165, 1.54) is 0 Å². The number of nitrogens with zero attached hydrogens (tertiary/aromatic N) is 2. The molecule has 1 aliphatic heterocycles. The summed E-state index contributed by atoms with van der Waals surface area (Å²) in [5.41, 5.74) is 14.0. The molecule has 0 saturated heterocycles. The van der Waals surface area contributed by atoms with E-state index in [2.05, 4.69) is 5.10 Å². The maximum atomic E-state index is 11.9. The quantitative estimate of drug-likeness (QED) is 0.898. The smallest absolute Gasteiger partial charge is 0.230 e. The number of para-hydroxylation sites is 1. The molecule has 0 saturated carbocycles. The number of amides is 1. The molecule has 0 fully saturated rings. The summed E-state index contributed by atoms with van der Waals surface area (Å²) in [6, 6.07) is 7.75. The van der Waals surface area contributed by atoms with Crippen LogP contribution in [-0.4, -0.2) is 28.8 Å². The zero-order valence-corrected chi connectivity index (χ0v) is 12.9. The van der Waals surface area contributed by atoms with E-state index < -0.39 is 18.0 Å². The summed E-state index contributed by atoms with van der Waals surface area (Å²) in [6.07, 6.45) is -0.555. The van der Waals surface area contributed by atoms with Crippen LogP contribution in [0.1, 0.15) is 25.2 Å². The minimum atomic E-state index is -0.651. The molecule has 0 radical (unpaired) electrons. The maximum Gasteiger partial charge on any atom is 0.230 e. The molecule has 22 heavy (non-hydrogen) atoms. The highest BCUT2D eigenvalue weighted by atomic mass is 16.3. The molecular formula is C16H20N4O2. The number of furan rings is 1. The van der Waals surface area contributed by atoms with Gasteiger partial charge >= 0.3 is 0 Å². The van der Waals surface area contributed by atoms with Gasteiger partial charge in [-0.05, 0) is 26.8 Å². The Labute approximate surface area is 128 Å². The molecule has 6 heteroatoms. The first-order chi connectivity index (χ1) is 10.4. The van der Waals surface area contributed by atoms with Crippen LogP contribution in [0, 0.1) is 12.8 Å². The van der Waals surface area contributed by atoms with Gasteiger partial charge in [-0.1, -0.05) is 18.2 Å². The van der Waals surface area contributed by atoms with Gasteiger partial charge in [0.15, 0.2) is 0 Å². The van der Waals surface area contributed by atoms with Crippen molar-refractivity contribution in [3.63, 3.8) is 0 Å². The monoisotopic (exact) mass is 300 g/mol. The summed E-state index contributed by atoms with van der Waals surface area (Å²) in [7, 11) is 0. The first-order valence-electron chi connectivity index (χ1n) is 7.32. The standard InChI is InChI=1S/C16H20N4O2/c1-8(2)20-15(17)13(16(18)21)14(19-20)12-9(3)22-11-7-5-4-6-10(11)12/h4-8,13,15H,17H2,1-3H3,(H2,18,21). The molecule has 0 bridgehead atoms. The van der Waals surface area contributed by atoms with Crippen molar-refractivity contribution in [1.29, 1.82) is 0 Å². The van der Waals surface area contributed by atoms with Gasteiger partial charge in [0.25, 0.3) is 0 Å². The van der Waals surface area contributed by atoms with Crippen LogP contribution in [0.4, 0.5) is 0 Å². The van der Waals surface area contributed by atoms with Crippen LogP contribution < -0.4 is 11.5 Å². The molecule has 1 amide bonds. The largest absolute Gasteiger partial charge is 0.461 e. The zero-order chi connectivity index (χ0) is 16.0. The van der Waals surface area contributed by atoms with Crippen molar-refractivity contribution >= 4 is 22.6 Å². The fraction of sp³-hybridized carbons (Fsp3) is 0.375. The number of hydrogen-bond acceptors (Lipinski definition) is 5. The number of fused-ring (bicyclic) bond motifs is 1. The molecule has 1 aliphatic rings. The van der Waals surface area contributed by atoms with Crippen LogP contribution in [0.15, 0.2) is 33.8 Å². The van der Waals surface area contributed by atoms with Gasteiger partial charge in [0.05, 0.1) is 5.71 Å². The van der Waals surface area contributed by atoms with Gasteiger partial charge in [-0.2, -0.15) is 5.10 Å². The van der Waals surface area contributed by atoms with E-state index in [0.717, 1.165) is 16.5 Å². The number of hydrazone groups is 1. The van der Waals surface area contributed by atoms with E-state index in [4.69, 9.17) is 15.9 Å². The SMILES string of the molecule is Cc1oc2ccccc2c1C1=NN(C(C)C)C(N)C1C(N)=O. The van der Waals surface area contributed by atoms with Gasteiger partial charge in [-0.15, -0.1) is 0 Å². The first-order valence-corrected chi connectivity index (χ1v) is 7.32. The van der Waals surface area contributed by atoms with Gasteiger partial charge < -0.3 is 15.9 Å². The minimum Gasteiger partial charge on any atom is -0.461 e. The molecule has 2 unspecified atom stereocenters. The third kappa shape index (κ3) is 2.07. The van der Waals surface area contributed by atoms with Crippen molar-refractivity contribution in [2.45, 2.75) is 33.0 Å². The van der Waals surface area contributed by atoms with Crippen LogP contribution in [0.2, 0.25) is 0 Å². The van der Waals surface area contributed by atoms with E-state index in [0.29, 0.717) is 11.5 Å². The highest BCUT2D eigenvalue weighted by Crippen LogP contribution is 2.32. The molecule has 1 aromatic carbocycles. The topological polar surface area (TPSA) is 97.8 Å². The molecule has 4 N–H and O–H groups in total. The Morgan fingerprint density at radius 1 is 1.36 bits per heavy atom. The maximum absolute atomic E-state index is 11.9. The van der Waals surface area contributed by atoms with Crippen LogP contribution in [0.5, 0.6) is 0 Å². The molecule has 6 nitrogen and oxygen atoms in total. The van der Waals surface area contributed by atoms with E-state index in [-0.39, 0.29) is 6.04 Å². The highest BCUT2D eigenvalue weighted by Gasteiger charge is 2.42. The van der Waals surface area contributed by atoms with Crippen LogP contribution >= 0.6 is 0 Å². The van der Waals surface area contributed by atoms with Gasteiger partial charge in [0.2, 0.25) is 5.91 Å². The van der Waals surface area contributed by atoms with E-state index in [1.54, 1.807) is 5.01 Å². The van der Waals surface area contributed by atoms with Crippen molar-refractivity contribution in [2.24, 2.45) is 22.5 Å². The van der Waals surface area contributed by atoms with Gasteiger partial charge in [0, 0.05) is 17.0 Å². The molecule has 1 aromatic heterocycles. The zero-order valence-electron chi connectivity index (χ0n) is 12.9. The Morgan fingerprint density at radius 3 is 2.68 bits per heavy atom. The second kappa shape index (κ2) is 5.14. The second-order valence-electron chi connectivity index (χ2n) is 5.86. The van der Waals surface area contributed by atoms with Gasteiger partial charge in [-0.25, -0.2) is 0 Å². The number of hydrogen-bond donors (Lipinski definition) is 2. The second-order valence-corrected chi connectivity index (χ2v) is 5.86. The highest BCUT2D eigenvalue weighted by molar-refractivity contribution is 6.19. The number of aryl methyl sites for hydroxylation is 1. The van der Waals surface area contributed by atoms with Crippen LogP contribution in [0.3, 0.4) is 0 Å². The Kier molecular flexibility index (Phi) is 3.41. The molecular weight excluding hydrogens is 280 g/mol. The average Bonchev–Trinajstić information content (AvgIpc) is 2.94. The van der Waals surface area contributed by atoms with Gasteiger partial charge in [-0.3, -0.25) is 9.80 Å². The number of benzene rings is 1. The number of primary amides is 1. The van der Waals surface area contributed by atoms with Crippen molar-refractivity contribution in [3.05, 3.63) is 35.6 Å². The summed E-state index contributed by atoms with van der Waals surface area (Å²) >= 11 is 0. The Balaban J connectivity index is 2.21. The Hall–Kier alpha value is -2.34. The molecule has 2 atom stereocenters. The average molecular weight is 300 g/mol. The number of rotatable bonds is 3. The lowest BCUT2D eigenvalue weighted by atomic mass is 9.92. The van der Waals surface area contributed by atoms with E-state index in [1.807, 2.05) is 45.0 Å². The van der Waals surface area contributed by atoms with Crippen molar-refractivity contribution in [3.8, 4) is 0 Å². The fourth-order valence-corrected chi connectivity index (χ4v) is 3.02. The van der Waals surface area contributed by atoms with Crippen LogP contribution in [-0.2, 0) is 4.79 Å². The third-order valence-corrected chi connectivity index (χ3v) is 4.03. The lowest BCUT2D eigenvalue weighted by Crippen LogP contribution is -2.48. The summed E-state index contributed by atoms with van der Waals surface area (Å²) in [6.45, 7) is 5.81. The lowest BCUT2D eigenvalue weighted by Gasteiger charge is -2.26. The molecule has 2 heterocycles. The summed E-state index contributed by atoms with van der Waals surface area (Å²) in [5, 5.41) is 7.24. The predicted molar refractivity (Wildman–Crippen MR) is 85.1 cm³/mol. The molecule has 0 aliphatic carbocycles. The van der Waals surface area contributed by atoms with Crippen molar-refractivity contribution in [2.75, 3.05) is 0 Å². The normalized spacial score (nSPS) is 21.7. The number of nitrogens with two attached hydrogens (primary N) is 2. The van der Waals surface area contributed by atoms with Gasteiger partial charge in [0.1, 0.15) is 23.4 Å².